The number of likely N-dealkylation sites (tertiary alicyclic amines) is 1. The topological polar surface area (TPSA) is 26.8 Å². The monoisotopic (exact) mass is 653 g/mol. The van der Waals surface area contributed by atoms with Crippen molar-refractivity contribution in [3.63, 3.8) is 0 Å². The Balaban J connectivity index is 0.00000282. The van der Waals surface area contributed by atoms with Gasteiger partial charge in [0.2, 0.25) is 0 Å². The molecular weight excluding hydrogens is 611 g/mol. The highest BCUT2D eigenvalue weighted by molar-refractivity contribution is 5.75. The van der Waals surface area contributed by atoms with Crippen LogP contribution in [0.5, 0.6) is 0 Å². The Morgan fingerprint density at radius 1 is 0.913 bits per heavy atom. The average Bonchev–Trinajstić information content (AvgIpc) is 3.00. The minimum Gasteiger partial charge on any atom is -0.321 e. The molecule has 3 aromatic carbocycles. The number of urea groups is 1. The molecule has 1 heterocycles. The number of aryl methyl sites for hydroxylation is 1. The van der Waals surface area contributed by atoms with Crippen molar-refractivity contribution in [3.05, 3.63) is 106 Å². The Hall–Kier alpha value is -3.60. The highest BCUT2D eigenvalue weighted by atomic mass is 19.4. The van der Waals surface area contributed by atoms with Crippen molar-refractivity contribution >= 4 is 6.03 Å². The second-order valence-corrected chi connectivity index (χ2v) is 11.7. The summed E-state index contributed by atoms with van der Waals surface area (Å²) in [6.45, 7) is 8.94. The second-order valence-electron chi connectivity index (χ2n) is 11.7. The van der Waals surface area contributed by atoms with Crippen LogP contribution in [-0.2, 0) is 18.9 Å². The molecule has 0 spiro atoms. The molecule has 3 atom stereocenters. The number of nitrogens with zero attached hydrogens (tertiary/aromatic N) is 3. The first-order chi connectivity index (χ1) is 21.5. The number of carbonyl (C=O) groups is 1. The molecule has 0 bridgehead atoms. The molecular formula is C35H42F7N3O. The first-order valence-electron chi connectivity index (χ1n) is 15.4. The molecule has 4 rings (SSSR count). The lowest BCUT2D eigenvalue weighted by molar-refractivity contribution is -0.143. The molecule has 0 saturated carbocycles. The van der Waals surface area contributed by atoms with Crippen molar-refractivity contribution in [2.45, 2.75) is 71.5 Å². The van der Waals surface area contributed by atoms with Crippen molar-refractivity contribution in [2.24, 2.45) is 5.92 Å². The van der Waals surface area contributed by atoms with Crippen LogP contribution < -0.4 is 0 Å². The lowest BCUT2D eigenvalue weighted by Crippen LogP contribution is -2.48. The van der Waals surface area contributed by atoms with E-state index in [1.54, 1.807) is 17.9 Å². The van der Waals surface area contributed by atoms with Gasteiger partial charge in [-0.2, -0.15) is 26.3 Å². The Labute approximate surface area is 266 Å². The number of benzene rings is 3. The molecule has 0 N–H and O–H groups in total. The van der Waals surface area contributed by atoms with Gasteiger partial charge >= 0.3 is 18.4 Å². The third kappa shape index (κ3) is 9.24. The van der Waals surface area contributed by atoms with Gasteiger partial charge in [0.15, 0.2) is 0 Å². The van der Waals surface area contributed by atoms with Crippen LogP contribution >= 0.6 is 0 Å². The Bertz CT molecular complexity index is 1410. The van der Waals surface area contributed by atoms with E-state index in [1.807, 2.05) is 51.2 Å². The van der Waals surface area contributed by atoms with Crippen molar-refractivity contribution in [1.82, 2.24) is 14.7 Å². The van der Waals surface area contributed by atoms with Crippen molar-refractivity contribution < 1.29 is 35.5 Å². The largest absolute Gasteiger partial charge is 0.416 e. The van der Waals surface area contributed by atoms with Gasteiger partial charge in [0, 0.05) is 26.7 Å². The minimum atomic E-state index is -5.00. The van der Waals surface area contributed by atoms with Gasteiger partial charge in [0.25, 0.3) is 0 Å². The molecule has 3 unspecified atom stereocenters. The summed E-state index contributed by atoms with van der Waals surface area (Å²) in [5, 5.41) is 0. The molecule has 0 radical (unpaired) electrons. The highest BCUT2D eigenvalue weighted by Crippen LogP contribution is 2.40. The van der Waals surface area contributed by atoms with Crippen LogP contribution in [0.3, 0.4) is 0 Å². The summed E-state index contributed by atoms with van der Waals surface area (Å²) in [7, 11) is 3.39. The number of alkyl halides is 6. The number of amides is 2. The van der Waals surface area contributed by atoms with Gasteiger partial charge in [-0.1, -0.05) is 50.2 Å². The molecule has 11 heteroatoms. The van der Waals surface area contributed by atoms with Crippen LogP contribution in [0.25, 0.3) is 0 Å². The third-order valence-corrected chi connectivity index (χ3v) is 8.39. The summed E-state index contributed by atoms with van der Waals surface area (Å²) in [5.74, 6) is -0.238. The molecule has 3 aromatic rings. The Morgan fingerprint density at radius 2 is 1.50 bits per heavy atom. The first kappa shape index (κ1) is 36.9. The molecule has 0 aliphatic carbocycles. The standard InChI is InChI=1S/C33H36F7N3O.C2H6/c1-21-14-28(34)10-11-29(21)30-15-24(20-41(3)19-23-8-6-5-7-9-23)12-13-43(30)31(44)42(4)22(2)25-16-26(32(35,36)37)18-27(17-25)33(38,39)40;1-2/h5-11,14,16-18,22,24,30H,12-13,15,19-20H2,1-4H3;1-2H3. The van der Waals surface area contributed by atoms with E-state index in [4.69, 9.17) is 0 Å². The number of rotatable bonds is 7. The van der Waals surface area contributed by atoms with E-state index in [2.05, 4.69) is 4.90 Å². The molecule has 4 nitrogen and oxygen atoms in total. The van der Waals surface area contributed by atoms with E-state index < -0.39 is 47.4 Å². The van der Waals surface area contributed by atoms with Crippen LogP contribution in [0, 0.1) is 18.7 Å². The predicted octanol–water partition coefficient (Wildman–Crippen LogP) is 9.90. The van der Waals surface area contributed by atoms with Gasteiger partial charge in [0.05, 0.1) is 23.2 Å². The lowest BCUT2D eigenvalue weighted by Gasteiger charge is -2.43. The molecule has 1 saturated heterocycles. The van der Waals surface area contributed by atoms with E-state index in [0.717, 1.165) is 24.2 Å². The van der Waals surface area contributed by atoms with Crippen molar-refractivity contribution in [2.75, 3.05) is 27.2 Å². The van der Waals surface area contributed by atoms with Crippen LogP contribution in [0.1, 0.15) is 79.1 Å². The van der Waals surface area contributed by atoms with Crippen LogP contribution in [0.2, 0.25) is 0 Å². The zero-order valence-electron chi connectivity index (χ0n) is 27.0. The molecule has 252 valence electrons. The molecule has 1 fully saturated rings. The zero-order valence-corrected chi connectivity index (χ0v) is 27.0. The number of hydrogen-bond donors (Lipinski definition) is 0. The second kappa shape index (κ2) is 15.3. The summed E-state index contributed by atoms with van der Waals surface area (Å²) in [6.07, 6.45) is -8.80. The quantitative estimate of drug-likeness (QED) is 0.238. The van der Waals surface area contributed by atoms with Gasteiger partial charge in [-0.3, -0.25) is 0 Å². The summed E-state index contributed by atoms with van der Waals surface area (Å²) in [4.78, 5) is 18.9. The van der Waals surface area contributed by atoms with E-state index in [-0.39, 0.29) is 17.5 Å². The maximum Gasteiger partial charge on any atom is 0.416 e. The average molecular weight is 654 g/mol. The normalized spacial score (nSPS) is 17.7. The summed E-state index contributed by atoms with van der Waals surface area (Å²) < 4.78 is 95.1. The first-order valence-corrected chi connectivity index (χ1v) is 15.4. The summed E-state index contributed by atoms with van der Waals surface area (Å²) >= 11 is 0. The van der Waals surface area contributed by atoms with E-state index >= 15 is 0 Å². The minimum absolute atomic E-state index is 0.0744. The third-order valence-electron chi connectivity index (χ3n) is 8.39. The summed E-state index contributed by atoms with van der Waals surface area (Å²) in [5.41, 5.74) is -0.600. The van der Waals surface area contributed by atoms with E-state index in [0.29, 0.717) is 37.1 Å². The fraction of sp³-hybridized carbons (Fsp3) is 0.457. The molecule has 1 aliphatic rings. The number of hydrogen-bond acceptors (Lipinski definition) is 2. The van der Waals surface area contributed by atoms with Crippen molar-refractivity contribution in [3.8, 4) is 0 Å². The fourth-order valence-electron chi connectivity index (χ4n) is 5.95. The van der Waals surface area contributed by atoms with Gasteiger partial charge in [-0.05, 0) is 92.2 Å². The SMILES string of the molecule is CC.Cc1cc(F)ccc1C1CC(CN(C)Cc2ccccc2)CCN1C(=O)N(C)C(C)c1cc(C(F)(F)F)cc(C(F)(F)F)c1. The molecule has 1 aliphatic heterocycles. The Morgan fingerprint density at radius 3 is 2.04 bits per heavy atom. The van der Waals surface area contributed by atoms with Crippen LogP contribution in [0.4, 0.5) is 35.5 Å². The number of halogens is 7. The highest BCUT2D eigenvalue weighted by Gasteiger charge is 2.39. The summed E-state index contributed by atoms with van der Waals surface area (Å²) in [6, 6.07) is 13.6. The zero-order chi connectivity index (χ0) is 34.4. The number of piperidine rings is 1. The van der Waals surface area contributed by atoms with Crippen LogP contribution in [-0.4, -0.2) is 47.9 Å². The predicted molar refractivity (Wildman–Crippen MR) is 165 cm³/mol. The van der Waals surface area contributed by atoms with Gasteiger partial charge in [-0.25, -0.2) is 9.18 Å². The molecule has 2 amide bonds. The Kier molecular flexibility index (Phi) is 12.3. The van der Waals surface area contributed by atoms with Gasteiger partial charge < -0.3 is 14.7 Å². The fourth-order valence-corrected chi connectivity index (χ4v) is 5.95. The van der Waals surface area contributed by atoms with Gasteiger partial charge in [-0.15, -0.1) is 0 Å². The number of carbonyl (C=O) groups excluding carboxylic acids is 1. The maximum atomic E-state index is 14.0. The van der Waals surface area contributed by atoms with Gasteiger partial charge in [0.1, 0.15) is 5.82 Å². The van der Waals surface area contributed by atoms with Crippen molar-refractivity contribution in [1.29, 1.82) is 0 Å². The molecule has 46 heavy (non-hydrogen) atoms. The lowest BCUT2D eigenvalue weighted by atomic mass is 9.85. The molecule has 0 aromatic heterocycles. The smallest absolute Gasteiger partial charge is 0.321 e. The van der Waals surface area contributed by atoms with E-state index in [1.165, 1.54) is 31.0 Å². The van der Waals surface area contributed by atoms with Crippen LogP contribution in [0.15, 0.2) is 66.7 Å². The maximum absolute atomic E-state index is 14.0. The van der Waals surface area contributed by atoms with E-state index in [9.17, 15) is 35.5 Å².